The second kappa shape index (κ2) is 35.2. The zero-order valence-electron chi connectivity index (χ0n) is 31.3. The van der Waals surface area contributed by atoms with Crippen LogP contribution in [0.15, 0.2) is 24.3 Å². The van der Waals surface area contributed by atoms with Gasteiger partial charge in [-0.3, -0.25) is 14.4 Å². The molecule has 47 heavy (non-hydrogen) atoms. The van der Waals surface area contributed by atoms with E-state index in [4.69, 9.17) is 9.47 Å². The summed E-state index contributed by atoms with van der Waals surface area (Å²) in [6.45, 7) is 7.75. The van der Waals surface area contributed by atoms with Gasteiger partial charge in [0.05, 0.1) is 0 Å². The van der Waals surface area contributed by atoms with Crippen molar-refractivity contribution >= 4 is 17.8 Å². The fraction of sp³-hybridized carbons (Fsp3) is 0.825. The highest BCUT2D eigenvalue weighted by molar-refractivity contribution is 5.76. The second-order valence-electron chi connectivity index (χ2n) is 13.3. The number of esters is 2. The van der Waals surface area contributed by atoms with Crippen LogP contribution in [0.1, 0.15) is 168 Å². The first-order valence-corrected chi connectivity index (χ1v) is 19.4. The molecule has 1 amide bonds. The van der Waals surface area contributed by atoms with Crippen molar-refractivity contribution in [1.82, 2.24) is 9.80 Å². The fourth-order valence-electron chi connectivity index (χ4n) is 5.45. The Balaban J connectivity index is 4.07. The van der Waals surface area contributed by atoms with E-state index in [1.807, 2.05) is 26.2 Å². The molecule has 0 aliphatic rings. The monoisotopic (exact) mass is 663 g/mol. The molecular formula is C40H74N2O5. The molecule has 0 aromatic heterocycles. The Morgan fingerprint density at radius 3 is 1.34 bits per heavy atom. The van der Waals surface area contributed by atoms with Gasteiger partial charge in [0.15, 0.2) is 0 Å². The van der Waals surface area contributed by atoms with Crippen LogP contribution < -0.4 is 0 Å². The molecule has 7 nitrogen and oxygen atoms in total. The SMILES string of the molecule is CCCCCCC=CCOC(=O)CCCCCCCN(CCCCCCCC(=O)OCC=CCCCCCC)C(=O)CCCN(C)C. The number of unbranched alkanes of at least 4 members (excludes halogenated alkanes) is 16. The van der Waals surface area contributed by atoms with Crippen LogP contribution >= 0.6 is 0 Å². The number of hydrogen-bond donors (Lipinski definition) is 0. The average molecular weight is 663 g/mol. The van der Waals surface area contributed by atoms with Gasteiger partial charge in [-0.15, -0.1) is 0 Å². The van der Waals surface area contributed by atoms with Gasteiger partial charge in [-0.1, -0.05) is 115 Å². The molecular weight excluding hydrogens is 588 g/mol. The second-order valence-corrected chi connectivity index (χ2v) is 13.3. The standard InChI is InChI=1S/C40H74N2O5/c1-5-7-9-11-13-21-27-36-46-39(44)31-23-17-15-19-25-34-42(38(43)30-29-33-41(3)4)35-26-20-16-18-24-32-40(45)47-37-28-22-14-12-10-8-6-2/h21-22,27-28H,5-20,23-26,29-37H2,1-4H3. The summed E-state index contributed by atoms with van der Waals surface area (Å²) in [7, 11) is 4.09. The normalized spacial score (nSPS) is 11.6. The number of nitrogens with zero attached hydrogens (tertiary/aromatic N) is 2. The quantitative estimate of drug-likeness (QED) is 0.0388. The Morgan fingerprint density at radius 2 is 0.894 bits per heavy atom. The highest BCUT2D eigenvalue weighted by atomic mass is 16.5. The number of carbonyl (C=O) groups excluding carboxylic acids is 3. The summed E-state index contributed by atoms with van der Waals surface area (Å²) < 4.78 is 10.6. The van der Waals surface area contributed by atoms with Crippen LogP contribution in [-0.2, 0) is 23.9 Å². The third-order valence-corrected chi connectivity index (χ3v) is 8.43. The smallest absolute Gasteiger partial charge is 0.306 e. The van der Waals surface area contributed by atoms with E-state index in [1.54, 1.807) is 0 Å². The molecule has 0 fully saturated rings. The highest BCUT2D eigenvalue weighted by Crippen LogP contribution is 2.12. The first-order valence-electron chi connectivity index (χ1n) is 19.4. The molecule has 274 valence electrons. The van der Waals surface area contributed by atoms with E-state index in [-0.39, 0.29) is 17.8 Å². The van der Waals surface area contributed by atoms with E-state index in [1.165, 1.54) is 51.4 Å². The molecule has 0 aliphatic heterocycles. The van der Waals surface area contributed by atoms with Gasteiger partial charge in [-0.25, -0.2) is 0 Å². The summed E-state index contributed by atoms with van der Waals surface area (Å²) in [4.78, 5) is 41.1. The fourth-order valence-corrected chi connectivity index (χ4v) is 5.45. The maximum absolute atomic E-state index is 13.0. The van der Waals surface area contributed by atoms with E-state index in [2.05, 4.69) is 35.8 Å². The molecule has 0 saturated heterocycles. The van der Waals surface area contributed by atoms with Gasteiger partial charge in [0, 0.05) is 32.4 Å². The maximum Gasteiger partial charge on any atom is 0.306 e. The van der Waals surface area contributed by atoms with Crippen LogP contribution in [0.5, 0.6) is 0 Å². The summed E-state index contributed by atoms with van der Waals surface area (Å²) in [6, 6.07) is 0. The van der Waals surface area contributed by atoms with Crippen molar-refractivity contribution in [3.8, 4) is 0 Å². The number of ether oxygens (including phenoxy) is 2. The lowest BCUT2D eigenvalue weighted by atomic mass is 10.1. The van der Waals surface area contributed by atoms with Gasteiger partial charge in [0.25, 0.3) is 0 Å². The molecule has 0 aliphatic carbocycles. The van der Waals surface area contributed by atoms with Gasteiger partial charge in [-0.05, 0) is 78.4 Å². The predicted molar refractivity (Wildman–Crippen MR) is 197 cm³/mol. The molecule has 0 aromatic rings. The van der Waals surface area contributed by atoms with Gasteiger partial charge >= 0.3 is 11.9 Å². The molecule has 0 unspecified atom stereocenters. The summed E-state index contributed by atoms with van der Waals surface area (Å²) in [5.41, 5.74) is 0. The lowest BCUT2D eigenvalue weighted by Gasteiger charge is -2.23. The number of carbonyl (C=O) groups is 3. The van der Waals surface area contributed by atoms with Crippen molar-refractivity contribution < 1.29 is 23.9 Å². The molecule has 0 saturated carbocycles. The summed E-state index contributed by atoms with van der Waals surface area (Å²) in [5, 5.41) is 0. The third kappa shape index (κ3) is 33.5. The lowest BCUT2D eigenvalue weighted by Crippen LogP contribution is -2.33. The Kier molecular flexibility index (Phi) is 33.6. The Hall–Kier alpha value is -2.15. The van der Waals surface area contributed by atoms with Crippen molar-refractivity contribution in [2.24, 2.45) is 0 Å². The minimum Gasteiger partial charge on any atom is -0.461 e. The highest BCUT2D eigenvalue weighted by Gasteiger charge is 2.13. The van der Waals surface area contributed by atoms with E-state index >= 15 is 0 Å². The zero-order valence-corrected chi connectivity index (χ0v) is 31.3. The van der Waals surface area contributed by atoms with Crippen molar-refractivity contribution in [2.75, 3.05) is 46.9 Å². The van der Waals surface area contributed by atoms with Crippen LogP contribution in [0.25, 0.3) is 0 Å². The predicted octanol–water partition coefficient (Wildman–Crippen LogP) is 9.98. The van der Waals surface area contributed by atoms with Crippen molar-refractivity contribution in [3.63, 3.8) is 0 Å². The molecule has 0 bridgehead atoms. The summed E-state index contributed by atoms with van der Waals surface area (Å²) in [5.74, 6) is 0.0555. The van der Waals surface area contributed by atoms with E-state index in [0.29, 0.717) is 32.5 Å². The van der Waals surface area contributed by atoms with Gasteiger partial charge in [0.2, 0.25) is 5.91 Å². The van der Waals surface area contributed by atoms with E-state index in [9.17, 15) is 14.4 Å². The Labute approximate surface area is 290 Å². The Morgan fingerprint density at radius 1 is 0.468 bits per heavy atom. The molecule has 0 radical (unpaired) electrons. The maximum atomic E-state index is 13.0. The third-order valence-electron chi connectivity index (χ3n) is 8.43. The number of amides is 1. The minimum atomic E-state index is -0.105. The van der Waals surface area contributed by atoms with Crippen molar-refractivity contribution in [3.05, 3.63) is 24.3 Å². The number of rotatable bonds is 34. The van der Waals surface area contributed by atoms with Gasteiger partial charge < -0.3 is 19.3 Å². The van der Waals surface area contributed by atoms with Crippen LogP contribution in [0.4, 0.5) is 0 Å². The van der Waals surface area contributed by atoms with Crippen LogP contribution in [0, 0.1) is 0 Å². The van der Waals surface area contributed by atoms with Crippen LogP contribution in [-0.4, -0.2) is 74.6 Å². The van der Waals surface area contributed by atoms with Crippen LogP contribution in [0.3, 0.4) is 0 Å². The van der Waals surface area contributed by atoms with E-state index in [0.717, 1.165) is 103 Å². The van der Waals surface area contributed by atoms with Crippen molar-refractivity contribution in [2.45, 2.75) is 168 Å². The molecule has 0 rings (SSSR count). The van der Waals surface area contributed by atoms with E-state index < -0.39 is 0 Å². The number of hydrogen-bond acceptors (Lipinski definition) is 6. The molecule has 0 heterocycles. The summed E-state index contributed by atoms with van der Waals surface area (Å²) in [6.07, 6.45) is 32.8. The number of allylic oxidation sites excluding steroid dienone is 2. The van der Waals surface area contributed by atoms with Gasteiger partial charge in [-0.2, -0.15) is 0 Å². The van der Waals surface area contributed by atoms with Crippen molar-refractivity contribution in [1.29, 1.82) is 0 Å². The topological polar surface area (TPSA) is 76.1 Å². The first-order chi connectivity index (χ1) is 22.9. The van der Waals surface area contributed by atoms with Gasteiger partial charge in [0.1, 0.15) is 13.2 Å². The first kappa shape index (κ1) is 44.9. The minimum absolute atomic E-state index is 0.105. The lowest BCUT2D eigenvalue weighted by molar-refractivity contribution is -0.143. The Bertz CT molecular complexity index is 743. The molecule has 0 aromatic carbocycles. The molecule has 0 spiro atoms. The zero-order chi connectivity index (χ0) is 34.6. The largest absolute Gasteiger partial charge is 0.461 e. The molecule has 7 heteroatoms. The summed E-state index contributed by atoms with van der Waals surface area (Å²) >= 11 is 0. The van der Waals surface area contributed by atoms with Crippen LogP contribution in [0.2, 0.25) is 0 Å². The average Bonchev–Trinajstić information content (AvgIpc) is 3.05. The molecule has 0 N–H and O–H groups in total. The molecule has 0 atom stereocenters.